The number of carbonyl (C=O) groups is 2. The number of nitrogens with zero attached hydrogens (tertiary/aromatic N) is 1. The minimum atomic E-state index is -1.05. The summed E-state index contributed by atoms with van der Waals surface area (Å²) in [6, 6.07) is 25.6. The van der Waals surface area contributed by atoms with Gasteiger partial charge in [-0.05, 0) is 43.7 Å². The van der Waals surface area contributed by atoms with Gasteiger partial charge in [-0.15, -0.1) is 0 Å². The van der Waals surface area contributed by atoms with Gasteiger partial charge >= 0.3 is 12.1 Å². The van der Waals surface area contributed by atoms with Gasteiger partial charge in [-0.3, -0.25) is 4.90 Å². The third-order valence-electron chi connectivity index (χ3n) is 5.54. The maximum Gasteiger partial charge on any atom is 0.420 e. The van der Waals surface area contributed by atoms with Crippen LogP contribution in [-0.2, 0) is 9.53 Å². The summed E-state index contributed by atoms with van der Waals surface area (Å²) in [7, 11) is 0. The number of carbonyl (C=O) groups excluding carboxylic acids is 2. The first-order valence-electron chi connectivity index (χ1n) is 10.7. The molecular weight excluding hydrogens is 404 g/mol. The van der Waals surface area contributed by atoms with Crippen molar-refractivity contribution in [2.24, 2.45) is 0 Å². The fourth-order valence-electron chi connectivity index (χ4n) is 4.01. The van der Waals surface area contributed by atoms with Crippen LogP contribution in [0.3, 0.4) is 0 Å². The quantitative estimate of drug-likeness (QED) is 0.548. The van der Waals surface area contributed by atoms with Crippen LogP contribution in [0.2, 0.25) is 0 Å². The van der Waals surface area contributed by atoms with Crippen molar-refractivity contribution in [3.8, 4) is 5.75 Å². The van der Waals surface area contributed by atoms with Crippen molar-refractivity contribution >= 4 is 23.4 Å². The predicted molar refractivity (Wildman–Crippen MR) is 124 cm³/mol. The number of rotatable bonds is 4. The summed E-state index contributed by atoms with van der Waals surface area (Å²) in [6.45, 7) is 3.86. The predicted octanol–water partition coefficient (Wildman–Crippen LogP) is 5.57. The number of ether oxygens (including phenoxy) is 2. The van der Waals surface area contributed by atoms with Gasteiger partial charge < -0.3 is 14.8 Å². The van der Waals surface area contributed by atoms with Crippen LogP contribution in [0, 0.1) is 0 Å². The number of benzene rings is 3. The van der Waals surface area contributed by atoms with Gasteiger partial charge in [-0.1, -0.05) is 60.7 Å². The fraction of sp³-hybridized carbons (Fsp3) is 0.231. The minimum absolute atomic E-state index is 0.271. The molecule has 2 unspecified atom stereocenters. The average Bonchev–Trinajstić information content (AvgIpc) is 2.95. The highest BCUT2D eigenvalue weighted by atomic mass is 16.6. The Morgan fingerprint density at radius 1 is 0.969 bits per heavy atom. The van der Waals surface area contributed by atoms with Crippen LogP contribution in [-0.4, -0.2) is 24.2 Å². The number of fused-ring (bicyclic) bond motifs is 1. The Labute approximate surface area is 187 Å². The highest BCUT2D eigenvalue weighted by Gasteiger charge is 2.45. The smallest absolute Gasteiger partial charge is 0.420 e. The number of hydrogen-bond donors (Lipinski definition) is 1. The average molecular weight is 431 g/mol. The zero-order chi connectivity index (χ0) is 22.6. The molecule has 0 bridgehead atoms. The van der Waals surface area contributed by atoms with E-state index < -0.39 is 17.7 Å². The SMILES string of the molecule is CCOC(=O)C1(C)CC(c2ccccc2)N(C(=O)Oc2ccccc2)c2ccccc2N1. The molecule has 0 spiro atoms. The molecule has 0 aromatic heterocycles. The first-order chi connectivity index (χ1) is 15.5. The third-order valence-corrected chi connectivity index (χ3v) is 5.54. The Kier molecular flexibility index (Phi) is 6.12. The molecule has 0 radical (unpaired) electrons. The summed E-state index contributed by atoms with van der Waals surface area (Å²) in [4.78, 5) is 28.2. The molecule has 3 aromatic carbocycles. The van der Waals surface area contributed by atoms with Gasteiger partial charge in [-0.2, -0.15) is 0 Å². The largest absolute Gasteiger partial charge is 0.464 e. The highest BCUT2D eigenvalue weighted by Crippen LogP contribution is 2.43. The summed E-state index contributed by atoms with van der Waals surface area (Å²) in [5.41, 5.74) is 1.14. The Bertz CT molecular complexity index is 1090. The number of nitrogens with one attached hydrogen (secondary N) is 1. The topological polar surface area (TPSA) is 67.9 Å². The van der Waals surface area contributed by atoms with Crippen LogP contribution in [0.1, 0.15) is 31.9 Å². The van der Waals surface area contributed by atoms with E-state index in [1.165, 1.54) is 0 Å². The summed E-state index contributed by atoms with van der Waals surface area (Å²) < 4.78 is 11.1. The van der Waals surface area contributed by atoms with Crippen molar-refractivity contribution in [2.45, 2.75) is 31.8 Å². The number of hydrogen-bond acceptors (Lipinski definition) is 5. The van der Waals surface area contributed by atoms with Gasteiger partial charge in [0, 0.05) is 6.42 Å². The Hall–Kier alpha value is -3.80. The Morgan fingerprint density at radius 3 is 2.28 bits per heavy atom. The molecule has 1 N–H and O–H groups in total. The van der Waals surface area contributed by atoms with Crippen molar-refractivity contribution < 1.29 is 19.1 Å². The van der Waals surface area contributed by atoms with E-state index in [-0.39, 0.29) is 12.6 Å². The first-order valence-corrected chi connectivity index (χ1v) is 10.7. The molecule has 0 saturated carbocycles. The minimum Gasteiger partial charge on any atom is -0.464 e. The number of esters is 1. The molecule has 6 nitrogen and oxygen atoms in total. The van der Waals surface area contributed by atoms with Crippen LogP contribution in [0.25, 0.3) is 0 Å². The molecule has 164 valence electrons. The standard InChI is InChI=1S/C26H26N2O4/c1-3-31-24(29)26(2)18-23(19-12-6-4-7-13-19)28(22-17-11-10-16-21(22)27-26)25(30)32-20-14-8-5-9-15-20/h4-17,23,27H,3,18H2,1-2H3. The van der Waals surface area contributed by atoms with Gasteiger partial charge in [0.25, 0.3) is 0 Å². The monoisotopic (exact) mass is 430 g/mol. The fourth-order valence-corrected chi connectivity index (χ4v) is 4.01. The molecule has 1 amide bonds. The van der Waals surface area contributed by atoms with E-state index in [0.717, 1.165) is 5.56 Å². The number of anilines is 2. The lowest BCUT2D eigenvalue weighted by molar-refractivity contribution is -0.148. The summed E-state index contributed by atoms with van der Waals surface area (Å²) >= 11 is 0. The molecule has 2 atom stereocenters. The third kappa shape index (κ3) is 4.30. The molecular formula is C26H26N2O4. The van der Waals surface area contributed by atoms with Crippen molar-refractivity contribution in [1.29, 1.82) is 0 Å². The second-order valence-corrected chi connectivity index (χ2v) is 7.88. The zero-order valence-electron chi connectivity index (χ0n) is 18.2. The van der Waals surface area contributed by atoms with E-state index in [0.29, 0.717) is 23.5 Å². The molecule has 1 aliphatic rings. The summed E-state index contributed by atoms with van der Waals surface area (Å²) in [5.74, 6) is 0.0844. The second-order valence-electron chi connectivity index (χ2n) is 7.88. The normalized spacial score (nSPS) is 19.8. The van der Waals surface area contributed by atoms with Gasteiger partial charge in [0.05, 0.1) is 24.0 Å². The lowest BCUT2D eigenvalue weighted by Gasteiger charge is -2.33. The zero-order valence-corrected chi connectivity index (χ0v) is 18.2. The van der Waals surface area contributed by atoms with Crippen LogP contribution in [0.4, 0.5) is 16.2 Å². The second kappa shape index (κ2) is 9.14. The van der Waals surface area contributed by atoms with E-state index >= 15 is 0 Å². The maximum absolute atomic E-state index is 13.5. The van der Waals surface area contributed by atoms with Crippen molar-refractivity contribution in [3.63, 3.8) is 0 Å². The van der Waals surface area contributed by atoms with Crippen molar-refractivity contribution in [2.75, 3.05) is 16.8 Å². The highest BCUT2D eigenvalue weighted by molar-refractivity contribution is 5.97. The van der Waals surface area contributed by atoms with E-state index in [1.54, 1.807) is 24.0 Å². The molecule has 3 aromatic rings. The van der Waals surface area contributed by atoms with E-state index in [4.69, 9.17) is 9.47 Å². The lowest BCUT2D eigenvalue weighted by Crippen LogP contribution is -2.47. The molecule has 0 saturated heterocycles. The van der Waals surface area contributed by atoms with Crippen LogP contribution in [0.15, 0.2) is 84.9 Å². The molecule has 32 heavy (non-hydrogen) atoms. The van der Waals surface area contributed by atoms with Crippen LogP contribution in [0.5, 0.6) is 5.75 Å². The Morgan fingerprint density at radius 2 is 1.59 bits per heavy atom. The van der Waals surface area contributed by atoms with Gasteiger partial charge in [-0.25, -0.2) is 9.59 Å². The van der Waals surface area contributed by atoms with Crippen molar-refractivity contribution in [3.05, 3.63) is 90.5 Å². The first kappa shape index (κ1) is 21.4. The van der Waals surface area contributed by atoms with E-state index in [1.807, 2.05) is 79.7 Å². The van der Waals surface area contributed by atoms with E-state index in [2.05, 4.69) is 5.32 Å². The maximum atomic E-state index is 13.5. The van der Waals surface area contributed by atoms with Crippen LogP contribution < -0.4 is 15.0 Å². The van der Waals surface area contributed by atoms with E-state index in [9.17, 15) is 9.59 Å². The molecule has 4 rings (SSSR count). The molecule has 0 fully saturated rings. The number of amides is 1. The Balaban J connectivity index is 1.83. The number of para-hydroxylation sites is 3. The van der Waals surface area contributed by atoms with Gasteiger partial charge in [0.15, 0.2) is 0 Å². The van der Waals surface area contributed by atoms with Gasteiger partial charge in [0.2, 0.25) is 0 Å². The van der Waals surface area contributed by atoms with Crippen LogP contribution >= 0.6 is 0 Å². The summed E-state index contributed by atoms with van der Waals surface area (Å²) in [6.07, 6.45) is -0.221. The van der Waals surface area contributed by atoms with Gasteiger partial charge in [0.1, 0.15) is 11.3 Å². The lowest BCUT2D eigenvalue weighted by atomic mass is 9.89. The van der Waals surface area contributed by atoms with Crippen molar-refractivity contribution in [1.82, 2.24) is 0 Å². The molecule has 6 heteroatoms. The molecule has 1 heterocycles. The molecule has 0 aliphatic carbocycles. The summed E-state index contributed by atoms with van der Waals surface area (Å²) in [5, 5.41) is 3.34. The molecule has 1 aliphatic heterocycles.